The van der Waals surface area contributed by atoms with Gasteiger partial charge in [-0.2, -0.15) is 0 Å². The van der Waals surface area contributed by atoms with Gasteiger partial charge in [0, 0.05) is 19.1 Å². The summed E-state index contributed by atoms with van der Waals surface area (Å²) in [4.78, 5) is 0. The Labute approximate surface area is 87.7 Å². The van der Waals surface area contributed by atoms with Crippen LogP contribution in [0.25, 0.3) is 0 Å². The number of ether oxygens (including phenoxy) is 1. The second-order valence-corrected chi connectivity index (χ2v) is 4.40. The molecule has 1 rings (SSSR count). The lowest BCUT2D eigenvalue weighted by atomic mass is 9.94. The van der Waals surface area contributed by atoms with Crippen molar-refractivity contribution in [3.63, 3.8) is 0 Å². The Bertz CT molecular complexity index is 181. The summed E-state index contributed by atoms with van der Waals surface area (Å²) in [5, 5.41) is 3.23. The lowest BCUT2D eigenvalue weighted by Gasteiger charge is -2.21. The molecule has 1 unspecified atom stereocenters. The average Bonchev–Trinajstić information content (AvgIpc) is 2.18. The lowest BCUT2D eigenvalue weighted by Crippen LogP contribution is -2.19. The van der Waals surface area contributed by atoms with Crippen LogP contribution in [0.1, 0.15) is 26.7 Å². The molecule has 0 saturated carbocycles. The molecular formula is C12H23NO. The van der Waals surface area contributed by atoms with Crippen LogP contribution in [0.2, 0.25) is 0 Å². The van der Waals surface area contributed by atoms with Gasteiger partial charge in [0.05, 0.1) is 6.61 Å². The van der Waals surface area contributed by atoms with Crippen molar-refractivity contribution in [2.75, 3.05) is 26.8 Å². The van der Waals surface area contributed by atoms with Gasteiger partial charge in [0.2, 0.25) is 0 Å². The van der Waals surface area contributed by atoms with E-state index >= 15 is 0 Å². The molecule has 0 spiro atoms. The van der Waals surface area contributed by atoms with E-state index in [1.807, 2.05) is 7.05 Å². The highest BCUT2D eigenvalue weighted by atomic mass is 16.5. The Morgan fingerprint density at radius 2 is 2.36 bits per heavy atom. The molecule has 1 saturated heterocycles. The van der Waals surface area contributed by atoms with Gasteiger partial charge in [0.25, 0.3) is 0 Å². The zero-order chi connectivity index (χ0) is 10.4. The Balaban J connectivity index is 2.50. The molecular weight excluding hydrogens is 174 g/mol. The standard InChI is InChI=1S/C12H23NO/c1-10(2)12(8-13-3)7-11-5-4-6-14-9-11/h7,10-11,13H,4-6,8-9H2,1-3H3/b12-7+. The smallest absolute Gasteiger partial charge is 0.0528 e. The quantitative estimate of drug-likeness (QED) is 0.698. The maximum Gasteiger partial charge on any atom is 0.0528 e. The van der Waals surface area contributed by atoms with Crippen LogP contribution >= 0.6 is 0 Å². The van der Waals surface area contributed by atoms with Crippen LogP contribution < -0.4 is 5.32 Å². The molecule has 0 aromatic carbocycles. The highest BCUT2D eigenvalue weighted by Crippen LogP contribution is 2.19. The van der Waals surface area contributed by atoms with Crippen LogP contribution in [0.5, 0.6) is 0 Å². The predicted molar refractivity (Wildman–Crippen MR) is 60.4 cm³/mol. The summed E-state index contributed by atoms with van der Waals surface area (Å²) < 4.78 is 5.48. The molecule has 2 heteroatoms. The van der Waals surface area contributed by atoms with Crippen molar-refractivity contribution in [1.82, 2.24) is 5.32 Å². The van der Waals surface area contributed by atoms with Crippen LogP contribution in [0.3, 0.4) is 0 Å². The number of rotatable bonds is 4. The van der Waals surface area contributed by atoms with E-state index in [0.29, 0.717) is 11.8 Å². The summed E-state index contributed by atoms with van der Waals surface area (Å²) in [6.45, 7) is 7.39. The number of nitrogens with one attached hydrogen (secondary N) is 1. The van der Waals surface area contributed by atoms with Gasteiger partial charge in [-0.25, -0.2) is 0 Å². The first kappa shape index (κ1) is 11.7. The Morgan fingerprint density at radius 3 is 2.86 bits per heavy atom. The molecule has 1 aliphatic heterocycles. The molecule has 2 nitrogen and oxygen atoms in total. The second kappa shape index (κ2) is 6.20. The van der Waals surface area contributed by atoms with Crippen molar-refractivity contribution in [2.45, 2.75) is 26.7 Å². The van der Waals surface area contributed by atoms with Gasteiger partial charge >= 0.3 is 0 Å². The van der Waals surface area contributed by atoms with E-state index < -0.39 is 0 Å². The molecule has 1 fully saturated rings. The summed E-state index contributed by atoms with van der Waals surface area (Å²) in [7, 11) is 2.01. The van der Waals surface area contributed by atoms with E-state index in [1.54, 1.807) is 0 Å². The first-order valence-corrected chi connectivity index (χ1v) is 5.67. The molecule has 0 aromatic rings. The minimum Gasteiger partial charge on any atom is -0.381 e. The average molecular weight is 197 g/mol. The van der Waals surface area contributed by atoms with Gasteiger partial charge in [-0.1, -0.05) is 25.5 Å². The fraction of sp³-hybridized carbons (Fsp3) is 0.833. The van der Waals surface area contributed by atoms with Crippen LogP contribution in [0.15, 0.2) is 11.6 Å². The highest BCUT2D eigenvalue weighted by molar-refractivity contribution is 5.09. The van der Waals surface area contributed by atoms with E-state index in [9.17, 15) is 0 Å². The molecule has 1 heterocycles. The summed E-state index contributed by atoms with van der Waals surface area (Å²) in [5.41, 5.74) is 1.52. The topological polar surface area (TPSA) is 21.3 Å². The van der Waals surface area contributed by atoms with E-state index in [4.69, 9.17) is 4.74 Å². The van der Waals surface area contributed by atoms with Gasteiger partial charge in [-0.15, -0.1) is 0 Å². The minimum absolute atomic E-state index is 0.643. The fourth-order valence-corrected chi connectivity index (χ4v) is 1.86. The largest absolute Gasteiger partial charge is 0.381 e. The second-order valence-electron chi connectivity index (χ2n) is 4.40. The van der Waals surface area contributed by atoms with Gasteiger partial charge < -0.3 is 10.1 Å². The van der Waals surface area contributed by atoms with Gasteiger partial charge in [0.15, 0.2) is 0 Å². The number of likely N-dealkylation sites (N-methyl/N-ethyl adjacent to an activating group) is 1. The SMILES string of the molecule is CNC/C(=C\C1CCCOC1)C(C)C. The number of hydrogen-bond acceptors (Lipinski definition) is 2. The number of hydrogen-bond donors (Lipinski definition) is 1. The first-order chi connectivity index (χ1) is 6.74. The molecule has 0 aromatic heterocycles. The molecule has 0 amide bonds. The van der Waals surface area contributed by atoms with E-state index in [2.05, 4.69) is 25.2 Å². The van der Waals surface area contributed by atoms with Crippen molar-refractivity contribution in [3.8, 4) is 0 Å². The van der Waals surface area contributed by atoms with Crippen molar-refractivity contribution in [1.29, 1.82) is 0 Å². The van der Waals surface area contributed by atoms with Crippen LogP contribution in [0, 0.1) is 11.8 Å². The van der Waals surface area contributed by atoms with Crippen LogP contribution in [0.4, 0.5) is 0 Å². The molecule has 0 bridgehead atoms. The van der Waals surface area contributed by atoms with Crippen molar-refractivity contribution in [3.05, 3.63) is 11.6 Å². The molecule has 82 valence electrons. The zero-order valence-corrected chi connectivity index (χ0v) is 9.68. The summed E-state index contributed by atoms with van der Waals surface area (Å²) in [6.07, 6.45) is 4.92. The van der Waals surface area contributed by atoms with Gasteiger partial charge in [0.1, 0.15) is 0 Å². The molecule has 0 radical (unpaired) electrons. The summed E-state index contributed by atoms with van der Waals surface area (Å²) in [5.74, 6) is 1.29. The summed E-state index contributed by atoms with van der Waals surface area (Å²) >= 11 is 0. The maximum absolute atomic E-state index is 5.48. The van der Waals surface area contributed by atoms with E-state index in [-0.39, 0.29) is 0 Å². The van der Waals surface area contributed by atoms with Crippen molar-refractivity contribution >= 4 is 0 Å². The monoisotopic (exact) mass is 197 g/mol. The van der Waals surface area contributed by atoms with Gasteiger partial charge in [-0.05, 0) is 25.8 Å². The maximum atomic E-state index is 5.48. The fourth-order valence-electron chi connectivity index (χ4n) is 1.86. The van der Waals surface area contributed by atoms with Crippen molar-refractivity contribution in [2.24, 2.45) is 11.8 Å². The van der Waals surface area contributed by atoms with Gasteiger partial charge in [-0.3, -0.25) is 0 Å². The molecule has 14 heavy (non-hydrogen) atoms. The molecule has 1 N–H and O–H groups in total. The first-order valence-electron chi connectivity index (χ1n) is 5.67. The lowest BCUT2D eigenvalue weighted by molar-refractivity contribution is 0.0706. The van der Waals surface area contributed by atoms with Crippen LogP contribution in [-0.2, 0) is 4.74 Å². The third kappa shape index (κ3) is 3.81. The Morgan fingerprint density at radius 1 is 1.57 bits per heavy atom. The van der Waals surface area contributed by atoms with Crippen LogP contribution in [-0.4, -0.2) is 26.8 Å². The third-order valence-electron chi connectivity index (χ3n) is 2.77. The molecule has 1 aliphatic rings. The normalized spacial score (nSPS) is 24.3. The molecule has 0 aliphatic carbocycles. The predicted octanol–water partition coefficient (Wildman–Crippen LogP) is 2.21. The highest BCUT2D eigenvalue weighted by Gasteiger charge is 2.13. The Hall–Kier alpha value is -0.340. The minimum atomic E-state index is 0.643. The van der Waals surface area contributed by atoms with E-state index in [0.717, 1.165) is 19.8 Å². The zero-order valence-electron chi connectivity index (χ0n) is 9.68. The third-order valence-corrected chi connectivity index (χ3v) is 2.77. The summed E-state index contributed by atoms with van der Waals surface area (Å²) in [6, 6.07) is 0. The molecule has 1 atom stereocenters. The van der Waals surface area contributed by atoms with E-state index in [1.165, 1.54) is 18.4 Å². The Kier molecular flexibility index (Phi) is 5.20. The van der Waals surface area contributed by atoms with Crippen molar-refractivity contribution < 1.29 is 4.74 Å².